The number of carbonyl (C=O) groups is 1. The van der Waals surface area contributed by atoms with Gasteiger partial charge in [0, 0.05) is 18.1 Å². The topological polar surface area (TPSA) is 57.2 Å². The van der Waals surface area contributed by atoms with Crippen LogP contribution in [0.3, 0.4) is 0 Å². The normalized spacial score (nSPS) is 22.5. The molecule has 0 N–H and O–H groups in total. The van der Waals surface area contributed by atoms with Crippen LogP contribution in [0.1, 0.15) is 76.8 Å². The Kier molecular flexibility index (Phi) is 12.3. The molecule has 6 nitrogen and oxygen atoms in total. The van der Waals surface area contributed by atoms with E-state index in [-0.39, 0.29) is 36.5 Å². The molecule has 0 unspecified atom stereocenters. The molecule has 2 aromatic carbocycles. The van der Waals surface area contributed by atoms with E-state index in [9.17, 15) is 4.79 Å². The molecule has 224 valence electrons. The number of amides is 1. The summed E-state index contributed by atoms with van der Waals surface area (Å²) in [6.07, 6.45) is 10.7. The standard InChI is InChI=1S/C35H49NO5/c1-4-30-21-22-31(18-13-20-33-40-26-35(2,3)27-41-33)36(34(37)39-25-29-16-9-6-10-17-29)32(30)19-11-12-23-38-24-28-14-7-5-8-15-28/h5-10,14-17,21-22,30-33H,4,11-13,18-20,23-27H2,1-3H3/t30-,31+,32-/m0/s1. The van der Waals surface area contributed by atoms with Crippen LogP contribution in [0.25, 0.3) is 0 Å². The summed E-state index contributed by atoms with van der Waals surface area (Å²) in [5.74, 6) is 0.313. The van der Waals surface area contributed by atoms with Crippen molar-refractivity contribution in [1.82, 2.24) is 4.90 Å². The fourth-order valence-corrected chi connectivity index (χ4v) is 5.71. The highest BCUT2D eigenvalue weighted by Crippen LogP contribution is 2.32. The van der Waals surface area contributed by atoms with Gasteiger partial charge >= 0.3 is 6.09 Å². The van der Waals surface area contributed by atoms with Crippen LogP contribution in [0.15, 0.2) is 72.8 Å². The average molecular weight is 564 g/mol. The number of ether oxygens (including phenoxy) is 4. The van der Waals surface area contributed by atoms with Crippen LogP contribution in [-0.4, -0.2) is 49.2 Å². The summed E-state index contributed by atoms with van der Waals surface area (Å²) in [6.45, 7) is 9.59. The highest BCUT2D eigenvalue weighted by Gasteiger charge is 2.37. The molecule has 6 heteroatoms. The second-order valence-electron chi connectivity index (χ2n) is 12.2. The van der Waals surface area contributed by atoms with Crippen LogP contribution in [0.2, 0.25) is 0 Å². The van der Waals surface area contributed by atoms with E-state index < -0.39 is 0 Å². The zero-order valence-electron chi connectivity index (χ0n) is 25.2. The minimum atomic E-state index is -0.223. The van der Waals surface area contributed by atoms with Crippen LogP contribution < -0.4 is 0 Å². The maximum absolute atomic E-state index is 13.7. The van der Waals surface area contributed by atoms with Crippen LogP contribution >= 0.6 is 0 Å². The van der Waals surface area contributed by atoms with E-state index in [1.54, 1.807) is 0 Å². The lowest BCUT2D eigenvalue weighted by atomic mass is 9.85. The molecule has 2 aromatic rings. The molecular formula is C35H49NO5. The van der Waals surface area contributed by atoms with Crippen molar-refractivity contribution in [3.05, 3.63) is 83.9 Å². The molecule has 0 aromatic heterocycles. The summed E-state index contributed by atoms with van der Waals surface area (Å²) in [5.41, 5.74) is 2.26. The van der Waals surface area contributed by atoms with E-state index in [2.05, 4.69) is 45.1 Å². The first-order valence-electron chi connectivity index (χ1n) is 15.5. The molecule has 0 saturated carbocycles. The Morgan fingerprint density at radius 3 is 2.17 bits per heavy atom. The molecule has 0 aliphatic carbocycles. The Labute approximate surface area is 247 Å². The van der Waals surface area contributed by atoms with E-state index in [1.807, 2.05) is 53.4 Å². The third-order valence-corrected chi connectivity index (χ3v) is 8.09. The molecule has 2 aliphatic rings. The second-order valence-corrected chi connectivity index (χ2v) is 12.2. The Bertz CT molecular complexity index is 1050. The number of nitrogens with zero attached hydrogens (tertiary/aromatic N) is 1. The first-order valence-corrected chi connectivity index (χ1v) is 15.5. The van der Waals surface area contributed by atoms with Crippen molar-refractivity contribution in [2.75, 3.05) is 19.8 Å². The largest absolute Gasteiger partial charge is 0.445 e. The van der Waals surface area contributed by atoms with Gasteiger partial charge in [-0.15, -0.1) is 0 Å². The maximum atomic E-state index is 13.7. The molecule has 1 saturated heterocycles. The van der Waals surface area contributed by atoms with Gasteiger partial charge in [-0.2, -0.15) is 0 Å². The lowest BCUT2D eigenvalue weighted by Crippen LogP contribution is -2.52. The fourth-order valence-electron chi connectivity index (χ4n) is 5.71. The van der Waals surface area contributed by atoms with Crippen molar-refractivity contribution in [2.24, 2.45) is 11.3 Å². The van der Waals surface area contributed by atoms with Crippen LogP contribution in [0.4, 0.5) is 4.79 Å². The molecule has 1 amide bonds. The number of rotatable bonds is 14. The zero-order chi connectivity index (χ0) is 28.9. The SMILES string of the molecule is CC[C@H]1C=C[C@@H](CCCC2OCC(C)(C)CO2)N(C(=O)OCc2ccccc2)[C@H]1CCCCOCc1ccccc1. The number of hydrogen-bond acceptors (Lipinski definition) is 5. The molecule has 0 radical (unpaired) electrons. The number of hydrogen-bond donors (Lipinski definition) is 0. The van der Waals surface area contributed by atoms with Gasteiger partial charge in [0.05, 0.1) is 25.9 Å². The van der Waals surface area contributed by atoms with E-state index in [0.717, 1.165) is 50.5 Å². The summed E-state index contributed by atoms with van der Waals surface area (Å²) in [6, 6.07) is 20.3. The molecular weight excluding hydrogens is 514 g/mol. The number of carbonyl (C=O) groups excluding carboxylic acids is 1. The summed E-state index contributed by atoms with van der Waals surface area (Å²) in [7, 11) is 0. The predicted molar refractivity (Wildman–Crippen MR) is 162 cm³/mol. The van der Waals surface area contributed by atoms with Crippen LogP contribution in [0.5, 0.6) is 0 Å². The van der Waals surface area contributed by atoms with Crippen molar-refractivity contribution < 1.29 is 23.7 Å². The summed E-state index contributed by atoms with van der Waals surface area (Å²) < 4.78 is 23.8. The lowest BCUT2D eigenvalue weighted by Gasteiger charge is -2.43. The smallest absolute Gasteiger partial charge is 0.410 e. The van der Waals surface area contributed by atoms with E-state index in [4.69, 9.17) is 18.9 Å². The summed E-state index contributed by atoms with van der Waals surface area (Å²) >= 11 is 0. The molecule has 4 rings (SSSR count). The van der Waals surface area contributed by atoms with Gasteiger partial charge in [-0.1, -0.05) is 93.6 Å². The lowest BCUT2D eigenvalue weighted by molar-refractivity contribution is -0.224. The van der Waals surface area contributed by atoms with Crippen molar-refractivity contribution in [3.63, 3.8) is 0 Å². The molecule has 2 aliphatic heterocycles. The number of unbranched alkanes of at least 4 members (excludes halogenated alkanes) is 1. The number of benzene rings is 2. The van der Waals surface area contributed by atoms with Gasteiger partial charge in [-0.25, -0.2) is 4.79 Å². The van der Waals surface area contributed by atoms with E-state index in [0.29, 0.717) is 32.3 Å². The van der Waals surface area contributed by atoms with Crippen molar-refractivity contribution in [2.45, 2.75) is 97.3 Å². The van der Waals surface area contributed by atoms with Gasteiger partial charge in [-0.05, 0) is 62.0 Å². The molecule has 3 atom stereocenters. The van der Waals surface area contributed by atoms with Crippen molar-refractivity contribution in [1.29, 1.82) is 0 Å². The summed E-state index contributed by atoms with van der Waals surface area (Å²) in [4.78, 5) is 15.7. The minimum absolute atomic E-state index is 0.000403. The third kappa shape index (κ3) is 9.98. The monoisotopic (exact) mass is 563 g/mol. The molecule has 0 spiro atoms. The van der Waals surface area contributed by atoms with Crippen LogP contribution in [-0.2, 0) is 32.2 Å². The van der Waals surface area contributed by atoms with Gasteiger partial charge < -0.3 is 18.9 Å². The van der Waals surface area contributed by atoms with E-state index in [1.165, 1.54) is 5.56 Å². The first kappa shape index (κ1) is 31.3. The Morgan fingerprint density at radius 1 is 0.854 bits per heavy atom. The van der Waals surface area contributed by atoms with Gasteiger partial charge in [0.25, 0.3) is 0 Å². The van der Waals surface area contributed by atoms with Gasteiger partial charge in [-0.3, -0.25) is 4.90 Å². The Morgan fingerprint density at radius 2 is 1.51 bits per heavy atom. The van der Waals surface area contributed by atoms with Crippen LogP contribution in [0, 0.1) is 11.3 Å². The van der Waals surface area contributed by atoms with E-state index >= 15 is 0 Å². The zero-order valence-corrected chi connectivity index (χ0v) is 25.2. The van der Waals surface area contributed by atoms with Gasteiger partial charge in [0.15, 0.2) is 6.29 Å². The summed E-state index contributed by atoms with van der Waals surface area (Å²) in [5, 5.41) is 0. The molecule has 2 heterocycles. The van der Waals surface area contributed by atoms with Gasteiger partial charge in [0.2, 0.25) is 0 Å². The quantitative estimate of drug-likeness (QED) is 0.173. The molecule has 0 bridgehead atoms. The molecule has 41 heavy (non-hydrogen) atoms. The minimum Gasteiger partial charge on any atom is -0.445 e. The molecule has 1 fully saturated rings. The van der Waals surface area contributed by atoms with Gasteiger partial charge in [0.1, 0.15) is 6.61 Å². The highest BCUT2D eigenvalue weighted by atomic mass is 16.7. The average Bonchev–Trinajstić information content (AvgIpc) is 2.99. The highest BCUT2D eigenvalue weighted by molar-refractivity contribution is 5.69. The maximum Gasteiger partial charge on any atom is 0.410 e. The third-order valence-electron chi connectivity index (χ3n) is 8.09. The van der Waals surface area contributed by atoms with Crippen molar-refractivity contribution in [3.8, 4) is 0 Å². The first-order chi connectivity index (χ1) is 19.9. The Balaban J connectivity index is 1.34. The predicted octanol–water partition coefficient (Wildman–Crippen LogP) is 7.91. The second kappa shape index (κ2) is 16.1. The van der Waals surface area contributed by atoms with Crippen molar-refractivity contribution >= 4 is 6.09 Å². The fraction of sp³-hybridized carbons (Fsp3) is 0.571. The Hall–Kier alpha value is -2.67.